The average molecular weight is 505 g/mol. The molecule has 0 unspecified atom stereocenters. The molecule has 2 N–H and O–H groups in total. The van der Waals surface area contributed by atoms with Gasteiger partial charge in [-0.05, 0) is 61.2 Å². The second kappa shape index (κ2) is 10.6. The summed E-state index contributed by atoms with van der Waals surface area (Å²) in [5.74, 6) is 0.377. The minimum atomic E-state index is -0.185. The van der Waals surface area contributed by atoms with E-state index in [-0.39, 0.29) is 17.7 Å². The molecule has 38 heavy (non-hydrogen) atoms. The number of hydrogen-bond acceptors (Lipinski definition) is 6. The number of ketones is 1. The van der Waals surface area contributed by atoms with Crippen molar-refractivity contribution in [3.8, 4) is 0 Å². The number of pyridine rings is 1. The molecule has 0 spiro atoms. The molecule has 5 aromatic rings. The second-order valence-electron chi connectivity index (χ2n) is 9.29. The number of rotatable bonds is 8. The molecule has 8 heteroatoms. The second-order valence-corrected chi connectivity index (χ2v) is 9.29. The van der Waals surface area contributed by atoms with Crippen LogP contribution in [0.2, 0.25) is 0 Å². The van der Waals surface area contributed by atoms with E-state index in [9.17, 15) is 9.59 Å². The van der Waals surface area contributed by atoms with Crippen LogP contribution in [0.25, 0.3) is 5.52 Å². The molecular weight excluding hydrogens is 476 g/mol. The third-order valence-corrected chi connectivity index (χ3v) is 6.65. The molecular formula is C30H28N6O2. The first-order valence-corrected chi connectivity index (χ1v) is 12.4. The fourth-order valence-corrected chi connectivity index (χ4v) is 4.43. The fraction of sp³-hybridized carbons (Fsp3) is 0.167. The Labute approximate surface area is 220 Å². The highest BCUT2D eigenvalue weighted by Gasteiger charge is 2.20. The molecule has 1 amide bonds. The van der Waals surface area contributed by atoms with E-state index < -0.39 is 0 Å². The summed E-state index contributed by atoms with van der Waals surface area (Å²) in [6, 6.07) is 18.9. The number of anilines is 2. The third kappa shape index (κ3) is 5.15. The van der Waals surface area contributed by atoms with E-state index in [2.05, 4.69) is 25.7 Å². The van der Waals surface area contributed by atoms with Gasteiger partial charge >= 0.3 is 0 Å². The van der Waals surface area contributed by atoms with Crippen molar-refractivity contribution in [3.05, 3.63) is 119 Å². The quantitative estimate of drug-likeness (QED) is 0.274. The highest BCUT2D eigenvalue weighted by atomic mass is 16.1. The summed E-state index contributed by atoms with van der Waals surface area (Å²) in [5.41, 5.74) is 6.23. The molecule has 0 bridgehead atoms. The molecule has 0 saturated carbocycles. The van der Waals surface area contributed by atoms with Crippen molar-refractivity contribution in [2.45, 2.75) is 33.2 Å². The molecule has 0 aliphatic carbocycles. The molecule has 0 aliphatic rings. The summed E-state index contributed by atoms with van der Waals surface area (Å²) in [4.78, 5) is 34.6. The van der Waals surface area contributed by atoms with Crippen LogP contribution in [0.3, 0.4) is 0 Å². The highest BCUT2D eigenvalue weighted by molar-refractivity contribution is 6.00. The topological polar surface area (TPSA) is 101 Å². The number of carbonyl (C=O) groups excluding carboxylic acids is 2. The Morgan fingerprint density at radius 1 is 1.00 bits per heavy atom. The normalized spacial score (nSPS) is 11.8. The Morgan fingerprint density at radius 3 is 2.53 bits per heavy atom. The SMILES string of the molecule is Cc1ccc(C(=O)Cc2ccncc2)cc1Nc1ncnn2cc(C(=O)N[C@@H](C)c3ccccc3)c(C)c12. The lowest BCUT2D eigenvalue weighted by atomic mass is 10.0. The molecule has 1 atom stereocenters. The van der Waals surface area contributed by atoms with Gasteiger partial charge in [0.1, 0.15) is 11.8 Å². The number of hydrogen-bond donors (Lipinski definition) is 2. The summed E-state index contributed by atoms with van der Waals surface area (Å²) < 4.78 is 1.65. The monoisotopic (exact) mass is 504 g/mol. The lowest BCUT2D eigenvalue weighted by Crippen LogP contribution is -2.26. The summed E-state index contributed by atoms with van der Waals surface area (Å²) in [6.07, 6.45) is 6.81. The molecule has 3 aromatic heterocycles. The Morgan fingerprint density at radius 2 is 1.76 bits per heavy atom. The summed E-state index contributed by atoms with van der Waals surface area (Å²) >= 11 is 0. The first-order chi connectivity index (χ1) is 18.4. The van der Waals surface area contributed by atoms with E-state index in [4.69, 9.17) is 0 Å². The number of benzene rings is 2. The molecule has 8 nitrogen and oxygen atoms in total. The van der Waals surface area contributed by atoms with Crippen LogP contribution in [-0.4, -0.2) is 31.3 Å². The lowest BCUT2D eigenvalue weighted by Gasteiger charge is -2.14. The van der Waals surface area contributed by atoms with E-state index in [1.807, 2.05) is 81.4 Å². The van der Waals surface area contributed by atoms with Gasteiger partial charge in [0.15, 0.2) is 11.6 Å². The van der Waals surface area contributed by atoms with Crippen LogP contribution in [0.5, 0.6) is 0 Å². The maximum absolute atomic E-state index is 13.2. The number of nitrogens with zero attached hydrogens (tertiary/aromatic N) is 4. The summed E-state index contributed by atoms with van der Waals surface area (Å²) in [6.45, 7) is 5.80. The number of aryl methyl sites for hydroxylation is 2. The van der Waals surface area contributed by atoms with Gasteiger partial charge in [-0.25, -0.2) is 9.50 Å². The molecule has 0 radical (unpaired) electrons. The predicted octanol–water partition coefficient (Wildman–Crippen LogP) is 5.40. The fourth-order valence-electron chi connectivity index (χ4n) is 4.43. The number of aromatic nitrogens is 4. The molecule has 2 aromatic carbocycles. The van der Waals surface area contributed by atoms with Crippen LogP contribution in [0.1, 0.15) is 55.9 Å². The minimum absolute atomic E-state index is 0.0115. The Hall–Kier alpha value is -4.85. The molecule has 0 fully saturated rings. The van der Waals surface area contributed by atoms with E-state index in [0.717, 1.165) is 27.9 Å². The van der Waals surface area contributed by atoms with Gasteiger partial charge in [-0.3, -0.25) is 14.6 Å². The van der Waals surface area contributed by atoms with Crippen LogP contribution in [0, 0.1) is 13.8 Å². The molecule has 190 valence electrons. The maximum Gasteiger partial charge on any atom is 0.253 e. The standard InChI is InChI=1S/C30H28N6O2/c1-19-9-10-24(27(37)15-22-11-13-31-14-12-22)16-26(19)35-29-28-20(2)25(17-36(28)33-18-32-29)30(38)34-21(3)23-7-5-4-6-8-23/h4-14,16-18,21H,15H2,1-3H3,(H,34,38)(H,32,33,35)/t21-/m0/s1. The van der Waals surface area contributed by atoms with Crippen molar-refractivity contribution < 1.29 is 9.59 Å². The third-order valence-electron chi connectivity index (χ3n) is 6.65. The maximum atomic E-state index is 13.2. The zero-order valence-electron chi connectivity index (χ0n) is 21.5. The number of nitrogens with one attached hydrogen (secondary N) is 2. The van der Waals surface area contributed by atoms with E-state index in [1.54, 1.807) is 23.1 Å². The zero-order chi connectivity index (χ0) is 26.6. The van der Waals surface area contributed by atoms with Crippen LogP contribution in [0.4, 0.5) is 11.5 Å². The van der Waals surface area contributed by atoms with Crippen molar-refractivity contribution in [2.24, 2.45) is 0 Å². The van der Waals surface area contributed by atoms with Gasteiger partial charge in [0.05, 0.1) is 11.6 Å². The van der Waals surface area contributed by atoms with Gasteiger partial charge in [-0.2, -0.15) is 5.10 Å². The lowest BCUT2D eigenvalue weighted by molar-refractivity contribution is 0.0938. The van der Waals surface area contributed by atoms with Crippen molar-refractivity contribution in [1.29, 1.82) is 0 Å². The number of fused-ring (bicyclic) bond motifs is 1. The van der Waals surface area contributed by atoms with Gasteiger partial charge in [-0.1, -0.05) is 42.5 Å². The highest BCUT2D eigenvalue weighted by Crippen LogP contribution is 2.28. The Kier molecular flexibility index (Phi) is 6.95. The van der Waals surface area contributed by atoms with Crippen molar-refractivity contribution >= 4 is 28.7 Å². The average Bonchev–Trinajstić information content (AvgIpc) is 3.28. The van der Waals surface area contributed by atoms with Crippen molar-refractivity contribution in [3.63, 3.8) is 0 Å². The van der Waals surface area contributed by atoms with Crippen LogP contribution in [0.15, 0.2) is 85.6 Å². The van der Waals surface area contributed by atoms with E-state index >= 15 is 0 Å². The van der Waals surface area contributed by atoms with Gasteiger partial charge in [0, 0.05) is 36.3 Å². The molecule has 0 aliphatic heterocycles. The van der Waals surface area contributed by atoms with Gasteiger partial charge < -0.3 is 10.6 Å². The largest absolute Gasteiger partial charge is 0.345 e. The minimum Gasteiger partial charge on any atom is -0.345 e. The number of carbonyl (C=O) groups is 2. The zero-order valence-corrected chi connectivity index (χ0v) is 21.5. The van der Waals surface area contributed by atoms with E-state index in [1.165, 1.54) is 6.33 Å². The summed E-state index contributed by atoms with van der Waals surface area (Å²) in [5, 5.41) is 10.8. The summed E-state index contributed by atoms with van der Waals surface area (Å²) in [7, 11) is 0. The van der Waals surface area contributed by atoms with Gasteiger partial charge in [0.2, 0.25) is 0 Å². The first kappa shape index (κ1) is 24.8. The van der Waals surface area contributed by atoms with Gasteiger partial charge in [0.25, 0.3) is 5.91 Å². The van der Waals surface area contributed by atoms with Crippen molar-refractivity contribution in [2.75, 3.05) is 5.32 Å². The van der Waals surface area contributed by atoms with Crippen molar-refractivity contribution in [1.82, 2.24) is 24.9 Å². The molecule has 5 rings (SSSR count). The molecule has 0 saturated heterocycles. The number of amides is 1. The Balaban J connectivity index is 1.41. The molecule has 3 heterocycles. The smallest absolute Gasteiger partial charge is 0.253 e. The van der Waals surface area contributed by atoms with Crippen LogP contribution in [-0.2, 0) is 6.42 Å². The number of Topliss-reactive ketones (excluding diaryl/α,β-unsaturated/α-hetero) is 1. The van der Waals surface area contributed by atoms with E-state index in [0.29, 0.717) is 28.9 Å². The predicted molar refractivity (Wildman–Crippen MR) is 147 cm³/mol. The van der Waals surface area contributed by atoms with Crippen LogP contribution < -0.4 is 10.6 Å². The van der Waals surface area contributed by atoms with Crippen LogP contribution >= 0.6 is 0 Å². The Bertz CT molecular complexity index is 1610. The van der Waals surface area contributed by atoms with Gasteiger partial charge in [-0.15, -0.1) is 0 Å². The first-order valence-electron chi connectivity index (χ1n) is 12.4.